The first-order valence-electron chi connectivity index (χ1n) is 9.26. The molecule has 2 atom stereocenters. The number of ether oxygens (including phenoxy) is 1. The molecule has 0 radical (unpaired) electrons. The van der Waals surface area contributed by atoms with Gasteiger partial charge in [0.05, 0.1) is 12.7 Å². The van der Waals surface area contributed by atoms with E-state index in [1.165, 1.54) is 31.2 Å². The van der Waals surface area contributed by atoms with Crippen LogP contribution < -0.4 is 5.32 Å². The summed E-state index contributed by atoms with van der Waals surface area (Å²) in [4.78, 5) is 4.52. The molecule has 6 nitrogen and oxygen atoms in total. The van der Waals surface area contributed by atoms with Gasteiger partial charge in [0.25, 0.3) is 0 Å². The molecule has 2 aliphatic carbocycles. The number of hydrogen-bond donors (Lipinski definition) is 1. The average molecular weight is 327 g/mol. The van der Waals surface area contributed by atoms with E-state index in [4.69, 9.17) is 4.74 Å². The van der Waals surface area contributed by atoms with Gasteiger partial charge in [-0.25, -0.2) is 4.98 Å². The molecule has 0 bridgehead atoms. The normalized spacial score (nSPS) is 27.0. The van der Waals surface area contributed by atoms with Gasteiger partial charge in [-0.2, -0.15) is 5.10 Å². The zero-order chi connectivity index (χ0) is 15.9. The second kappa shape index (κ2) is 6.01. The van der Waals surface area contributed by atoms with Crippen LogP contribution in [0.5, 0.6) is 0 Å². The topological polar surface area (TPSA) is 56.9 Å². The Morgan fingerprint density at radius 3 is 2.96 bits per heavy atom. The van der Waals surface area contributed by atoms with Crippen LogP contribution in [0.1, 0.15) is 55.6 Å². The lowest BCUT2D eigenvalue weighted by Gasteiger charge is -2.19. The molecule has 5 rings (SSSR count). The summed E-state index contributed by atoms with van der Waals surface area (Å²) in [6.45, 7) is 2.68. The molecular weight excluding hydrogens is 302 g/mol. The molecule has 0 spiro atoms. The highest BCUT2D eigenvalue weighted by Gasteiger charge is 2.32. The van der Waals surface area contributed by atoms with E-state index in [0.717, 1.165) is 37.9 Å². The monoisotopic (exact) mass is 327 g/mol. The fraction of sp³-hybridized carbons (Fsp3) is 0.667. The Kier molecular flexibility index (Phi) is 3.67. The van der Waals surface area contributed by atoms with Crippen LogP contribution in [-0.4, -0.2) is 32.0 Å². The quantitative estimate of drug-likeness (QED) is 0.849. The van der Waals surface area contributed by atoms with Gasteiger partial charge in [-0.15, -0.1) is 0 Å². The van der Waals surface area contributed by atoms with Crippen LogP contribution in [-0.2, 0) is 17.8 Å². The number of imidazole rings is 1. The Bertz CT molecular complexity index is 700. The van der Waals surface area contributed by atoms with Gasteiger partial charge in [-0.3, -0.25) is 4.68 Å². The Hall–Kier alpha value is -1.66. The van der Waals surface area contributed by atoms with Gasteiger partial charge in [0.2, 0.25) is 0 Å². The standard InChI is InChI=1S/C18H25N5O/c1-2-13(1)11-22-12-14(9-21-22)18-16(5-8-24-18)20-10-17-19-6-7-23(17)15-3-4-15/h6-7,9,12-13,15-16,18,20H,1-5,8,10-11H2/t16-,18+/m1/s1. The Morgan fingerprint density at radius 1 is 1.21 bits per heavy atom. The van der Waals surface area contributed by atoms with Gasteiger partial charge < -0.3 is 14.6 Å². The van der Waals surface area contributed by atoms with Gasteiger partial charge >= 0.3 is 0 Å². The largest absolute Gasteiger partial charge is 0.372 e. The predicted molar refractivity (Wildman–Crippen MR) is 89.4 cm³/mol. The van der Waals surface area contributed by atoms with E-state index >= 15 is 0 Å². The molecule has 0 aromatic carbocycles. The molecule has 3 aliphatic rings. The second-order valence-corrected chi connectivity index (χ2v) is 7.49. The van der Waals surface area contributed by atoms with Crippen molar-refractivity contribution in [2.24, 2.45) is 5.92 Å². The number of nitrogens with zero attached hydrogens (tertiary/aromatic N) is 4. The molecule has 2 saturated carbocycles. The van der Waals surface area contributed by atoms with Gasteiger partial charge in [0.15, 0.2) is 0 Å². The molecule has 3 fully saturated rings. The molecule has 1 N–H and O–H groups in total. The second-order valence-electron chi connectivity index (χ2n) is 7.49. The van der Waals surface area contributed by atoms with Crippen molar-refractivity contribution in [1.29, 1.82) is 0 Å². The Balaban J connectivity index is 1.23. The summed E-state index contributed by atoms with van der Waals surface area (Å²) in [6, 6.07) is 1.02. The minimum Gasteiger partial charge on any atom is -0.372 e. The minimum absolute atomic E-state index is 0.113. The van der Waals surface area contributed by atoms with E-state index in [9.17, 15) is 0 Å². The maximum absolute atomic E-state index is 6.00. The summed E-state index contributed by atoms with van der Waals surface area (Å²) in [7, 11) is 0. The summed E-state index contributed by atoms with van der Waals surface area (Å²) in [5, 5.41) is 8.20. The maximum Gasteiger partial charge on any atom is 0.122 e. The first-order valence-corrected chi connectivity index (χ1v) is 9.26. The number of hydrogen-bond acceptors (Lipinski definition) is 4. The van der Waals surface area contributed by atoms with Crippen LogP contribution >= 0.6 is 0 Å². The molecule has 128 valence electrons. The van der Waals surface area contributed by atoms with Crippen molar-refractivity contribution in [2.75, 3.05) is 6.61 Å². The van der Waals surface area contributed by atoms with Crippen molar-refractivity contribution in [1.82, 2.24) is 24.6 Å². The molecule has 0 amide bonds. The predicted octanol–water partition coefficient (Wildman–Crippen LogP) is 2.44. The lowest BCUT2D eigenvalue weighted by molar-refractivity contribution is 0.0982. The van der Waals surface area contributed by atoms with Crippen molar-refractivity contribution in [3.05, 3.63) is 36.2 Å². The van der Waals surface area contributed by atoms with Crippen molar-refractivity contribution in [2.45, 2.75) is 63.4 Å². The smallest absolute Gasteiger partial charge is 0.122 e. The molecule has 24 heavy (non-hydrogen) atoms. The number of rotatable bonds is 7. The molecule has 2 aromatic rings. The molecule has 3 heterocycles. The van der Waals surface area contributed by atoms with Gasteiger partial charge in [-0.05, 0) is 38.0 Å². The van der Waals surface area contributed by atoms with Crippen LogP contribution in [0, 0.1) is 5.92 Å². The number of aromatic nitrogens is 4. The van der Waals surface area contributed by atoms with E-state index in [0.29, 0.717) is 12.1 Å². The highest BCUT2D eigenvalue weighted by atomic mass is 16.5. The maximum atomic E-state index is 6.00. The van der Waals surface area contributed by atoms with Crippen LogP contribution in [0.2, 0.25) is 0 Å². The molecule has 6 heteroatoms. The lowest BCUT2D eigenvalue weighted by atomic mass is 10.1. The van der Waals surface area contributed by atoms with Gasteiger partial charge in [0, 0.05) is 49.4 Å². The highest BCUT2D eigenvalue weighted by Crippen LogP contribution is 2.36. The fourth-order valence-corrected chi connectivity index (χ4v) is 3.71. The number of nitrogens with one attached hydrogen (secondary N) is 1. The van der Waals surface area contributed by atoms with E-state index < -0.39 is 0 Å². The van der Waals surface area contributed by atoms with E-state index in [1.807, 2.05) is 12.4 Å². The summed E-state index contributed by atoms with van der Waals surface area (Å²) in [6.07, 6.45) is 14.6. The van der Waals surface area contributed by atoms with Crippen molar-refractivity contribution in [3.63, 3.8) is 0 Å². The zero-order valence-corrected chi connectivity index (χ0v) is 14.0. The third-order valence-electron chi connectivity index (χ3n) is 5.43. The van der Waals surface area contributed by atoms with Crippen LogP contribution in [0.4, 0.5) is 0 Å². The van der Waals surface area contributed by atoms with Crippen molar-refractivity contribution in [3.8, 4) is 0 Å². The SMILES string of the molecule is c1cn(C2CC2)c(CN[C@@H]2CCO[C@H]2c2cnn(CC3CC3)c2)n1. The zero-order valence-electron chi connectivity index (χ0n) is 14.0. The molecule has 1 aliphatic heterocycles. The third kappa shape index (κ3) is 3.00. The fourth-order valence-electron chi connectivity index (χ4n) is 3.71. The van der Waals surface area contributed by atoms with Crippen molar-refractivity contribution < 1.29 is 4.74 Å². The summed E-state index contributed by atoms with van der Waals surface area (Å²) in [5.74, 6) is 1.99. The van der Waals surface area contributed by atoms with E-state index in [-0.39, 0.29) is 6.10 Å². The molecular formula is C18H25N5O. The molecule has 2 aromatic heterocycles. The highest BCUT2D eigenvalue weighted by molar-refractivity contribution is 5.13. The first kappa shape index (κ1) is 14.7. The lowest BCUT2D eigenvalue weighted by Crippen LogP contribution is -2.32. The minimum atomic E-state index is 0.113. The Morgan fingerprint density at radius 2 is 2.12 bits per heavy atom. The van der Waals surface area contributed by atoms with Crippen molar-refractivity contribution >= 4 is 0 Å². The van der Waals surface area contributed by atoms with Crippen LogP contribution in [0.3, 0.4) is 0 Å². The summed E-state index contributed by atoms with van der Waals surface area (Å²) < 4.78 is 10.4. The van der Waals surface area contributed by atoms with Gasteiger partial charge in [0.1, 0.15) is 11.9 Å². The van der Waals surface area contributed by atoms with Crippen LogP contribution in [0.25, 0.3) is 0 Å². The average Bonchev–Trinajstić information content (AvgIpc) is 3.43. The van der Waals surface area contributed by atoms with Crippen LogP contribution in [0.15, 0.2) is 24.8 Å². The summed E-state index contributed by atoms with van der Waals surface area (Å²) in [5.41, 5.74) is 1.20. The first-order chi connectivity index (χ1) is 11.9. The molecule has 0 unspecified atom stereocenters. The third-order valence-corrected chi connectivity index (χ3v) is 5.43. The molecule has 1 saturated heterocycles. The van der Waals surface area contributed by atoms with E-state index in [1.54, 1.807) is 0 Å². The van der Waals surface area contributed by atoms with Gasteiger partial charge in [-0.1, -0.05) is 0 Å². The summed E-state index contributed by atoms with van der Waals surface area (Å²) >= 11 is 0. The van der Waals surface area contributed by atoms with E-state index in [2.05, 4.69) is 37.0 Å². The Labute approximate surface area is 142 Å².